The van der Waals surface area contributed by atoms with Gasteiger partial charge in [-0.2, -0.15) is 0 Å². The molecule has 2 rings (SSSR count). The molecule has 1 fully saturated rings. The Morgan fingerprint density at radius 2 is 2.14 bits per heavy atom. The molecular formula is C12H17N2. The fourth-order valence-corrected chi connectivity index (χ4v) is 1.80. The Morgan fingerprint density at radius 3 is 2.71 bits per heavy atom. The lowest BCUT2D eigenvalue weighted by Gasteiger charge is -2.23. The molecule has 1 aromatic rings. The molecule has 1 atom stereocenters. The van der Waals surface area contributed by atoms with E-state index in [1.165, 1.54) is 11.1 Å². The van der Waals surface area contributed by atoms with Crippen molar-refractivity contribution in [3.05, 3.63) is 35.4 Å². The number of hydrogen-bond donors (Lipinski definition) is 1. The quantitative estimate of drug-likeness (QED) is 0.749. The number of nitrogens with one attached hydrogen (secondary N) is 1. The van der Waals surface area contributed by atoms with Gasteiger partial charge in [0.05, 0.1) is 6.04 Å². The van der Waals surface area contributed by atoms with Crippen LogP contribution < -0.4 is 10.6 Å². The van der Waals surface area contributed by atoms with E-state index >= 15 is 0 Å². The van der Waals surface area contributed by atoms with Crippen molar-refractivity contribution in [1.82, 2.24) is 10.6 Å². The van der Waals surface area contributed by atoms with Gasteiger partial charge in [-0.3, -0.25) is 0 Å². The number of aryl methyl sites for hydroxylation is 1. The summed E-state index contributed by atoms with van der Waals surface area (Å²) in [4.78, 5) is 0. The topological polar surface area (TPSA) is 26.1 Å². The van der Waals surface area contributed by atoms with E-state index in [0.29, 0.717) is 6.04 Å². The van der Waals surface area contributed by atoms with Crippen LogP contribution in [0.25, 0.3) is 0 Å². The molecule has 1 N–H and O–H groups in total. The molecule has 1 unspecified atom stereocenters. The van der Waals surface area contributed by atoms with Gasteiger partial charge in [-0.15, -0.1) is 0 Å². The number of rotatable bonds is 2. The van der Waals surface area contributed by atoms with Crippen molar-refractivity contribution in [2.45, 2.75) is 19.4 Å². The number of benzene rings is 1. The van der Waals surface area contributed by atoms with Gasteiger partial charge in [0, 0.05) is 19.6 Å². The van der Waals surface area contributed by atoms with Gasteiger partial charge in [-0.05, 0) is 17.5 Å². The normalized spacial score (nSPS) is 22.2. The predicted molar refractivity (Wildman–Crippen MR) is 58.4 cm³/mol. The van der Waals surface area contributed by atoms with Gasteiger partial charge in [0.1, 0.15) is 0 Å². The van der Waals surface area contributed by atoms with E-state index in [1.54, 1.807) is 0 Å². The van der Waals surface area contributed by atoms with Crippen LogP contribution in [0, 0.1) is 0 Å². The van der Waals surface area contributed by atoms with E-state index in [0.717, 1.165) is 26.1 Å². The minimum Gasteiger partial charge on any atom is -0.313 e. The lowest BCUT2D eigenvalue weighted by atomic mass is 10.0. The molecule has 1 heterocycles. The van der Waals surface area contributed by atoms with Crippen LogP contribution in [0.1, 0.15) is 24.1 Å². The van der Waals surface area contributed by atoms with Crippen molar-refractivity contribution >= 4 is 0 Å². The minimum absolute atomic E-state index is 0.370. The van der Waals surface area contributed by atoms with Gasteiger partial charge in [-0.1, -0.05) is 31.2 Å². The molecule has 1 aliphatic heterocycles. The molecule has 1 aromatic carbocycles. The van der Waals surface area contributed by atoms with Crippen LogP contribution in [0.5, 0.6) is 0 Å². The van der Waals surface area contributed by atoms with Crippen LogP contribution >= 0.6 is 0 Å². The molecule has 2 nitrogen and oxygen atoms in total. The SMILES string of the molecule is CCc1ccc(C2CNCC[N]2)cc1. The van der Waals surface area contributed by atoms with E-state index in [2.05, 4.69) is 41.8 Å². The van der Waals surface area contributed by atoms with Crippen LogP contribution in [0.4, 0.5) is 0 Å². The summed E-state index contributed by atoms with van der Waals surface area (Å²) in [7, 11) is 0. The second-order valence-corrected chi connectivity index (χ2v) is 3.72. The zero-order chi connectivity index (χ0) is 9.80. The Balaban J connectivity index is 2.07. The minimum atomic E-state index is 0.370. The first kappa shape index (κ1) is 9.69. The summed E-state index contributed by atoms with van der Waals surface area (Å²) >= 11 is 0. The zero-order valence-corrected chi connectivity index (χ0v) is 8.66. The number of nitrogens with zero attached hydrogens (tertiary/aromatic N) is 1. The largest absolute Gasteiger partial charge is 0.313 e. The van der Waals surface area contributed by atoms with E-state index in [-0.39, 0.29) is 0 Å². The molecular weight excluding hydrogens is 172 g/mol. The highest BCUT2D eigenvalue weighted by molar-refractivity contribution is 5.25. The first-order chi connectivity index (χ1) is 6.90. The van der Waals surface area contributed by atoms with Crippen molar-refractivity contribution in [1.29, 1.82) is 0 Å². The van der Waals surface area contributed by atoms with Gasteiger partial charge in [0.25, 0.3) is 0 Å². The molecule has 0 spiro atoms. The molecule has 0 aromatic heterocycles. The summed E-state index contributed by atoms with van der Waals surface area (Å²) in [6.07, 6.45) is 1.11. The van der Waals surface area contributed by atoms with E-state index < -0.39 is 0 Å². The van der Waals surface area contributed by atoms with Crippen LogP contribution in [-0.4, -0.2) is 19.6 Å². The van der Waals surface area contributed by atoms with Crippen LogP contribution in [0.2, 0.25) is 0 Å². The molecule has 0 bridgehead atoms. The first-order valence-electron chi connectivity index (χ1n) is 5.36. The molecule has 75 valence electrons. The summed E-state index contributed by atoms with van der Waals surface area (Å²) < 4.78 is 0. The molecule has 2 heteroatoms. The van der Waals surface area contributed by atoms with Crippen LogP contribution in [-0.2, 0) is 6.42 Å². The Labute approximate surface area is 85.7 Å². The zero-order valence-electron chi connectivity index (χ0n) is 8.66. The fraction of sp³-hybridized carbons (Fsp3) is 0.500. The number of piperazine rings is 1. The molecule has 1 aliphatic rings. The Hall–Kier alpha value is -0.860. The second kappa shape index (κ2) is 4.58. The summed E-state index contributed by atoms with van der Waals surface area (Å²) in [5.41, 5.74) is 2.74. The summed E-state index contributed by atoms with van der Waals surface area (Å²) in [6.45, 7) is 5.15. The van der Waals surface area contributed by atoms with Gasteiger partial charge in [0.2, 0.25) is 0 Å². The summed E-state index contributed by atoms with van der Waals surface area (Å²) in [5.74, 6) is 0. The lowest BCUT2D eigenvalue weighted by Crippen LogP contribution is -2.38. The third-order valence-electron chi connectivity index (χ3n) is 2.75. The molecule has 0 saturated carbocycles. The van der Waals surface area contributed by atoms with E-state index in [1.807, 2.05) is 0 Å². The van der Waals surface area contributed by atoms with Crippen molar-refractivity contribution in [2.75, 3.05) is 19.6 Å². The van der Waals surface area contributed by atoms with Gasteiger partial charge >= 0.3 is 0 Å². The monoisotopic (exact) mass is 189 g/mol. The molecule has 1 saturated heterocycles. The van der Waals surface area contributed by atoms with Gasteiger partial charge < -0.3 is 5.32 Å². The maximum atomic E-state index is 4.59. The Kier molecular flexibility index (Phi) is 3.17. The predicted octanol–water partition coefficient (Wildman–Crippen LogP) is 1.50. The van der Waals surface area contributed by atoms with Crippen molar-refractivity contribution < 1.29 is 0 Å². The first-order valence-corrected chi connectivity index (χ1v) is 5.36. The highest BCUT2D eigenvalue weighted by Gasteiger charge is 2.14. The van der Waals surface area contributed by atoms with Crippen LogP contribution in [0.15, 0.2) is 24.3 Å². The van der Waals surface area contributed by atoms with Crippen LogP contribution in [0.3, 0.4) is 0 Å². The smallest absolute Gasteiger partial charge is 0.0620 e. The van der Waals surface area contributed by atoms with Crippen molar-refractivity contribution in [3.8, 4) is 0 Å². The Bertz CT molecular complexity index is 273. The summed E-state index contributed by atoms with van der Waals surface area (Å²) in [5, 5.41) is 7.96. The van der Waals surface area contributed by atoms with E-state index in [4.69, 9.17) is 0 Å². The molecule has 14 heavy (non-hydrogen) atoms. The number of hydrogen-bond acceptors (Lipinski definition) is 1. The molecule has 1 radical (unpaired) electrons. The van der Waals surface area contributed by atoms with Crippen molar-refractivity contribution in [3.63, 3.8) is 0 Å². The Morgan fingerprint density at radius 1 is 1.36 bits per heavy atom. The maximum absolute atomic E-state index is 4.59. The third kappa shape index (κ3) is 2.14. The van der Waals surface area contributed by atoms with Gasteiger partial charge in [0.15, 0.2) is 0 Å². The van der Waals surface area contributed by atoms with Crippen molar-refractivity contribution in [2.24, 2.45) is 0 Å². The second-order valence-electron chi connectivity index (χ2n) is 3.72. The fourth-order valence-electron chi connectivity index (χ4n) is 1.80. The lowest BCUT2D eigenvalue weighted by molar-refractivity contribution is 0.421. The van der Waals surface area contributed by atoms with Gasteiger partial charge in [-0.25, -0.2) is 5.32 Å². The van der Waals surface area contributed by atoms with E-state index in [9.17, 15) is 0 Å². The average molecular weight is 189 g/mol. The molecule has 0 amide bonds. The highest BCUT2D eigenvalue weighted by Crippen LogP contribution is 2.15. The molecule has 0 aliphatic carbocycles. The maximum Gasteiger partial charge on any atom is 0.0620 e. The standard InChI is InChI=1S/C12H17N2/c1-2-10-3-5-11(6-4-10)12-9-13-7-8-14-12/h3-6,12-13H,2,7-9H2,1H3. The summed E-state index contributed by atoms with van der Waals surface area (Å²) in [6, 6.07) is 9.20. The highest BCUT2D eigenvalue weighted by atomic mass is 15.1. The third-order valence-corrected chi connectivity index (χ3v) is 2.75. The average Bonchev–Trinajstić information content (AvgIpc) is 2.30.